The van der Waals surface area contributed by atoms with Gasteiger partial charge in [0.1, 0.15) is 0 Å². The summed E-state index contributed by atoms with van der Waals surface area (Å²) in [7, 11) is 0. The molecule has 0 bridgehead atoms. The van der Waals surface area contributed by atoms with Crippen LogP contribution in [0.3, 0.4) is 0 Å². The van der Waals surface area contributed by atoms with E-state index in [0.29, 0.717) is 19.5 Å². The Balaban J connectivity index is 0.00000256. The maximum atomic E-state index is 11.3. The number of amides is 1. The fourth-order valence-corrected chi connectivity index (χ4v) is 2.21. The third kappa shape index (κ3) is 7.65. The molecule has 3 N–H and O–H groups in total. The molecule has 6 heteroatoms. The molecule has 1 aromatic carbocycles. The number of carbonyl (C=O) groups excluding carboxylic acids is 1. The molecule has 1 aromatic rings. The molecule has 0 aliphatic carbocycles. The van der Waals surface area contributed by atoms with Crippen LogP contribution in [0.15, 0.2) is 33.6 Å². The van der Waals surface area contributed by atoms with Crippen LogP contribution in [0.4, 0.5) is 0 Å². The predicted molar refractivity (Wildman–Crippen MR) is 78.8 cm³/mol. The van der Waals surface area contributed by atoms with Crippen molar-refractivity contribution in [1.82, 2.24) is 5.32 Å². The van der Waals surface area contributed by atoms with Gasteiger partial charge in [0.25, 0.3) is 0 Å². The zero-order valence-electron chi connectivity index (χ0n) is 9.32. The summed E-state index contributed by atoms with van der Waals surface area (Å²) in [6.07, 6.45) is 0.529. The van der Waals surface area contributed by atoms with Crippen LogP contribution in [-0.4, -0.2) is 24.7 Å². The van der Waals surface area contributed by atoms with Crippen molar-refractivity contribution in [3.05, 3.63) is 28.7 Å². The van der Waals surface area contributed by atoms with Crippen LogP contribution in [0.5, 0.6) is 0 Å². The van der Waals surface area contributed by atoms with Crippen LogP contribution < -0.4 is 11.1 Å². The first-order valence-electron chi connectivity index (χ1n) is 5.07. The highest BCUT2D eigenvalue weighted by Gasteiger charge is 2.00. The van der Waals surface area contributed by atoms with Crippen LogP contribution in [0.2, 0.25) is 0 Å². The molecule has 0 heterocycles. The Labute approximate surface area is 120 Å². The molecule has 1 rings (SSSR count). The molecule has 0 aliphatic rings. The second kappa shape index (κ2) is 9.76. The molecule has 0 saturated carbocycles. The summed E-state index contributed by atoms with van der Waals surface area (Å²) in [4.78, 5) is 12.4. The number of hydrogen-bond acceptors (Lipinski definition) is 3. The van der Waals surface area contributed by atoms with Gasteiger partial charge in [-0.3, -0.25) is 4.79 Å². The standard InChI is InChI=1S/C11H15BrN2OS.ClH/c12-9-1-3-10(4-2-9)16-8-5-11(15)14-7-6-13;/h1-4H,5-8,13H2,(H,14,15);1H. The fraction of sp³-hybridized carbons (Fsp3) is 0.364. The second-order valence-electron chi connectivity index (χ2n) is 3.19. The van der Waals surface area contributed by atoms with Crippen molar-refractivity contribution in [3.8, 4) is 0 Å². The number of rotatable bonds is 6. The lowest BCUT2D eigenvalue weighted by molar-refractivity contribution is -0.120. The zero-order chi connectivity index (χ0) is 11.8. The minimum atomic E-state index is 0. The van der Waals surface area contributed by atoms with E-state index in [-0.39, 0.29) is 18.3 Å². The Bertz CT molecular complexity index is 335. The van der Waals surface area contributed by atoms with Crippen LogP contribution in [0.1, 0.15) is 6.42 Å². The Kier molecular flexibility index (Phi) is 9.63. The van der Waals surface area contributed by atoms with E-state index >= 15 is 0 Å². The molecule has 96 valence electrons. The van der Waals surface area contributed by atoms with Gasteiger partial charge in [0.2, 0.25) is 5.91 Å². The molecule has 0 atom stereocenters. The summed E-state index contributed by atoms with van der Waals surface area (Å²) in [5, 5.41) is 2.74. The molecule has 17 heavy (non-hydrogen) atoms. The van der Waals surface area contributed by atoms with Gasteiger partial charge < -0.3 is 11.1 Å². The number of carbonyl (C=O) groups is 1. The van der Waals surface area contributed by atoms with Crippen molar-refractivity contribution in [3.63, 3.8) is 0 Å². The largest absolute Gasteiger partial charge is 0.355 e. The molecule has 3 nitrogen and oxygen atoms in total. The van der Waals surface area contributed by atoms with Gasteiger partial charge in [-0.2, -0.15) is 0 Å². The first kappa shape index (κ1) is 16.8. The van der Waals surface area contributed by atoms with Gasteiger partial charge in [0.05, 0.1) is 0 Å². The number of benzene rings is 1. The lowest BCUT2D eigenvalue weighted by atomic mass is 10.4. The second-order valence-corrected chi connectivity index (χ2v) is 5.28. The monoisotopic (exact) mass is 338 g/mol. The summed E-state index contributed by atoms with van der Waals surface area (Å²) < 4.78 is 1.07. The van der Waals surface area contributed by atoms with Crippen molar-refractivity contribution in [2.24, 2.45) is 5.73 Å². The number of nitrogens with two attached hydrogens (primary N) is 1. The highest BCUT2D eigenvalue weighted by Crippen LogP contribution is 2.20. The highest BCUT2D eigenvalue weighted by molar-refractivity contribution is 9.10. The van der Waals surface area contributed by atoms with E-state index in [1.54, 1.807) is 11.8 Å². The van der Waals surface area contributed by atoms with Crippen LogP contribution in [0, 0.1) is 0 Å². The lowest BCUT2D eigenvalue weighted by Crippen LogP contribution is -2.29. The topological polar surface area (TPSA) is 55.1 Å². The summed E-state index contributed by atoms with van der Waals surface area (Å²) in [6, 6.07) is 8.06. The molecule has 0 radical (unpaired) electrons. The first-order valence-corrected chi connectivity index (χ1v) is 6.85. The molecular formula is C11H16BrClN2OS. The molecular weight excluding hydrogens is 324 g/mol. The van der Waals surface area contributed by atoms with Gasteiger partial charge in [-0.1, -0.05) is 15.9 Å². The van der Waals surface area contributed by atoms with Gasteiger partial charge in [0.15, 0.2) is 0 Å². The molecule has 0 spiro atoms. The quantitative estimate of drug-likeness (QED) is 0.783. The van der Waals surface area contributed by atoms with Crippen molar-refractivity contribution >= 4 is 46.0 Å². The minimum Gasteiger partial charge on any atom is -0.355 e. The number of halogens is 2. The average Bonchev–Trinajstić information content (AvgIpc) is 2.29. The molecule has 0 saturated heterocycles. The third-order valence-corrected chi connectivity index (χ3v) is 3.42. The van der Waals surface area contributed by atoms with Gasteiger partial charge in [-0.05, 0) is 24.3 Å². The number of thioether (sulfide) groups is 1. The summed E-state index contributed by atoms with van der Waals surface area (Å²) in [5.74, 6) is 0.855. The SMILES string of the molecule is Cl.NCCNC(=O)CCSc1ccc(Br)cc1. The normalized spacial score (nSPS) is 9.53. The molecule has 1 amide bonds. The predicted octanol–water partition coefficient (Wildman–Crippen LogP) is 2.43. The average molecular weight is 340 g/mol. The van der Waals surface area contributed by atoms with Gasteiger partial charge >= 0.3 is 0 Å². The molecule has 0 aliphatic heterocycles. The van der Waals surface area contributed by atoms with E-state index in [9.17, 15) is 4.79 Å². The molecule has 0 fully saturated rings. The smallest absolute Gasteiger partial charge is 0.220 e. The minimum absolute atomic E-state index is 0. The van der Waals surface area contributed by atoms with Crippen molar-refractivity contribution < 1.29 is 4.79 Å². The van der Waals surface area contributed by atoms with Gasteiger partial charge in [-0.15, -0.1) is 24.2 Å². The third-order valence-electron chi connectivity index (χ3n) is 1.88. The Morgan fingerprint density at radius 2 is 2.00 bits per heavy atom. The summed E-state index contributed by atoms with van der Waals surface area (Å²) in [5.41, 5.74) is 5.29. The van der Waals surface area contributed by atoms with E-state index in [1.807, 2.05) is 24.3 Å². The Morgan fingerprint density at radius 3 is 2.59 bits per heavy atom. The number of nitrogens with one attached hydrogen (secondary N) is 1. The maximum Gasteiger partial charge on any atom is 0.220 e. The van der Waals surface area contributed by atoms with Crippen molar-refractivity contribution in [2.75, 3.05) is 18.8 Å². The van der Waals surface area contributed by atoms with Crippen LogP contribution in [0.25, 0.3) is 0 Å². The van der Waals surface area contributed by atoms with E-state index in [0.717, 1.165) is 10.2 Å². The van der Waals surface area contributed by atoms with Gasteiger partial charge in [-0.25, -0.2) is 0 Å². The first-order chi connectivity index (χ1) is 7.72. The maximum absolute atomic E-state index is 11.3. The summed E-state index contributed by atoms with van der Waals surface area (Å²) in [6.45, 7) is 1.05. The fourth-order valence-electron chi connectivity index (χ4n) is 1.09. The van der Waals surface area contributed by atoms with E-state index in [1.165, 1.54) is 4.90 Å². The molecule has 0 aromatic heterocycles. The zero-order valence-corrected chi connectivity index (χ0v) is 12.5. The van der Waals surface area contributed by atoms with E-state index in [4.69, 9.17) is 5.73 Å². The molecule has 0 unspecified atom stereocenters. The van der Waals surface area contributed by atoms with Crippen molar-refractivity contribution in [1.29, 1.82) is 0 Å². The Hall–Kier alpha value is -0.230. The van der Waals surface area contributed by atoms with E-state index in [2.05, 4.69) is 21.2 Å². The van der Waals surface area contributed by atoms with Gasteiger partial charge in [0, 0.05) is 34.6 Å². The van der Waals surface area contributed by atoms with Crippen molar-refractivity contribution in [2.45, 2.75) is 11.3 Å². The summed E-state index contributed by atoms with van der Waals surface area (Å²) >= 11 is 5.06. The van der Waals surface area contributed by atoms with E-state index < -0.39 is 0 Å². The number of hydrogen-bond donors (Lipinski definition) is 2. The lowest BCUT2D eigenvalue weighted by Gasteiger charge is -2.03. The highest BCUT2D eigenvalue weighted by atomic mass is 79.9. The van der Waals surface area contributed by atoms with Crippen LogP contribution >= 0.6 is 40.1 Å². The van der Waals surface area contributed by atoms with Crippen LogP contribution in [-0.2, 0) is 4.79 Å². The Morgan fingerprint density at radius 1 is 1.35 bits per heavy atom.